The highest BCUT2D eigenvalue weighted by Gasteiger charge is 2.19. The Kier molecular flexibility index (Phi) is 6.32. The van der Waals surface area contributed by atoms with Crippen molar-refractivity contribution < 1.29 is 9.84 Å². The lowest BCUT2D eigenvalue weighted by Crippen LogP contribution is -2.32. The van der Waals surface area contributed by atoms with Crippen molar-refractivity contribution in [3.63, 3.8) is 0 Å². The second-order valence-electron chi connectivity index (χ2n) is 5.71. The van der Waals surface area contributed by atoms with Crippen LogP contribution in [-0.2, 0) is 0 Å². The quantitative estimate of drug-likeness (QED) is 0.758. The summed E-state index contributed by atoms with van der Waals surface area (Å²) in [5.41, 5.74) is 1.29. The number of hydrogen-bond donors (Lipinski definition) is 2. The second-order valence-corrected chi connectivity index (χ2v) is 5.71. The molecule has 0 saturated carbocycles. The summed E-state index contributed by atoms with van der Waals surface area (Å²) in [6.07, 6.45) is 0.805. The van der Waals surface area contributed by atoms with Crippen molar-refractivity contribution in [2.45, 2.75) is 40.2 Å². The first-order chi connectivity index (χ1) is 9.00. The molecule has 0 heterocycles. The number of aliphatic hydroxyl groups excluding tert-OH is 1. The Hall–Kier alpha value is -1.06. The van der Waals surface area contributed by atoms with E-state index in [4.69, 9.17) is 9.84 Å². The van der Waals surface area contributed by atoms with Gasteiger partial charge in [-0.25, -0.2) is 0 Å². The van der Waals surface area contributed by atoms with Gasteiger partial charge in [0.2, 0.25) is 0 Å². The van der Waals surface area contributed by atoms with Crippen molar-refractivity contribution in [2.24, 2.45) is 5.41 Å². The molecule has 3 nitrogen and oxygen atoms in total. The molecule has 0 aliphatic heterocycles. The van der Waals surface area contributed by atoms with Crippen LogP contribution in [0.4, 0.5) is 0 Å². The zero-order chi connectivity index (χ0) is 14.3. The van der Waals surface area contributed by atoms with Crippen LogP contribution in [0.15, 0.2) is 24.3 Å². The fourth-order valence-electron chi connectivity index (χ4n) is 2.06. The molecular weight excluding hydrogens is 238 g/mol. The summed E-state index contributed by atoms with van der Waals surface area (Å²) in [5, 5.41) is 12.6. The van der Waals surface area contributed by atoms with E-state index in [1.165, 1.54) is 5.56 Å². The fraction of sp³-hybridized carbons (Fsp3) is 0.625. The van der Waals surface area contributed by atoms with Gasteiger partial charge in [-0.2, -0.15) is 0 Å². The maximum Gasteiger partial charge on any atom is 0.124 e. The van der Waals surface area contributed by atoms with Crippen LogP contribution in [-0.4, -0.2) is 24.9 Å². The molecule has 0 saturated heterocycles. The minimum atomic E-state index is 0.101. The van der Waals surface area contributed by atoms with E-state index in [1.807, 2.05) is 25.1 Å². The maximum atomic E-state index is 9.05. The van der Waals surface area contributed by atoms with E-state index in [1.54, 1.807) is 0 Å². The summed E-state index contributed by atoms with van der Waals surface area (Å²) in [6, 6.07) is 8.38. The average molecular weight is 265 g/mol. The molecule has 0 amide bonds. The Morgan fingerprint density at radius 1 is 1.32 bits per heavy atom. The number of ether oxygens (including phenoxy) is 1. The van der Waals surface area contributed by atoms with Crippen molar-refractivity contribution in [2.75, 3.05) is 19.8 Å². The third-order valence-electron chi connectivity index (χ3n) is 3.36. The number of aliphatic hydroxyl groups is 1. The van der Waals surface area contributed by atoms with E-state index >= 15 is 0 Å². The summed E-state index contributed by atoms with van der Waals surface area (Å²) in [5.74, 6) is 0.949. The highest BCUT2D eigenvalue weighted by molar-refractivity contribution is 5.35. The van der Waals surface area contributed by atoms with Gasteiger partial charge in [-0.1, -0.05) is 32.0 Å². The first kappa shape index (κ1) is 16.0. The highest BCUT2D eigenvalue weighted by atomic mass is 16.5. The standard InChI is InChI=1S/C16H27NO2/c1-5-19-15-9-7-6-8-14(15)13(2)17-12-16(3,4)10-11-18/h6-9,13,17-18H,5,10-12H2,1-4H3. The van der Waals surface area contributed by atoms with Gasteiger partial charge >= 0.3 is 0 Å². The number of nitrogens with one attached hydrogen (secondary N) is 1. The number of rotatable bonds is 8. The fourth-order valence-corrected chi connectivity index (χ4v) is 2.06. The summed E-state index contributed by atoms with van der Waals surface area (Å²) < 4.78 is 5.66. The van der Waals surface area contributed by atoms with E-state index in [-0.39, 0.29) is 18.1 Å². The van der Waals surface area contributed by atoms with Gasteiger partial charge in [-0.05, 0) is 31.7 Å². The van der Waals surface area contributed by atoms with Crippen LogP contribution >= 0.6 is 0 Å². The monoisotopic (exact) mass is 265 g/mol. The van der Waals surface area contributed by atoms with Gasteiger partial charge in [0.05, 0.1) is 6.61 Å². The van der Waals surface area contributed by atoms with E-state index in [2.05, 4.69) is 32.2 Å². The summed E-state index contributed by atoms with van der Waals surface area (Å²) in [4.78, 5) is 0. The first-order valence-electron chi connectivity index (χ1n) is 7.06. The van der Waals surface area contributed by atoms with Crippen LogP contribution in [0.2, 0.25) is 0 Å². The van der Waals surface area contributed by atoms with Crippen molar-refractivity contribution >= 4 is 0 Å². The number of benzene rings is 1. The summed E-state index contributed by atoms with van der Waals surface area (Å²) in [6.45, 7) is 10.3. The molecule has 2 N–H and O–H groups in total. The Morgan fingerprint density at radius 2 is 2.00 bits per heavy atom. The third-order valence-corrected chi connectivity index (χ3v) is 3.36. The van der Waals surface area contributed by atoms with Crippen LogP contribution in [0.3, 0.4) is 0 Å². The van der Waals surface area contributed by atoms with Crippen molar-refractivity contribution in [1.82, 2.24) is 5.32 Å². The van der Waals surface area contributed by atoms with Gasteiger partial charge in [0, 0.05) is 24.8 Å². The van der Waals surface area contributed by atoms with Gasteiger partial charge in [-0.15, -0.1) is 0 Å². The van der Waals surface area contributed by atoms with Crippen molar-refractivity contribution in [3.05, 3.63) is 29.8 Å². The van der Waals surface area contributed by atoms with Crippen molar-refractivity contribution in [1.29, 1.82) is 0 Å². The molecule has 1 aromatic rings. The van der Waals surface area contributed by atoms with Crippen LogP contribution in [0.1, 0.15) is 45.7 Å². The topological polar surface area (TPSA) is 41.5 Å². The average Bonchev–Trinajstić information content (AvgIpc) is 2.37. The molecule has 0 aliphatic rings. The van der Waals surface area contributed by atoms with Gasteiger partial charge in [0.15, 0.2) is 0 Å². The summed E-state index contributed by atoms with van der Waals surface area (Å²) >= 11 is 0. The predicted molar refractivity (Wildman–Crippen MR) is 79.5 cm³/mol. The van der Waals surface area contributed by atoms with Gasteiger partial charge in [0.1, 0.15) is 5.75 Å². The van der Waals surface area contributed by atoms with E-state index < -0.39 is 0 Å². The van der Waals surface area contributed by atoms with Crippen LogP contribution in [0.5, 0.6) is 5.75 Å². The van der Waals surface area contributed by atoms with Crippen LogP contribution in [0, 0.1) is 5.41 Å². The lowest BCUT2D eigenvalue weighted by molar-refractivity contribution is 0.203. The number of hydrogen-bond acceptors (Lipinski definition) is 3. The Bertz CT molecular complexity index is 377. The number of para-hydroxylation sites is 1. The minimum Gasteiger partial charge on any atom is -0.494 e. The molecule has 19 heavy (non-hydrogen) atoms. The zero-order valence-corrected chi connectivity index (χ0v) is 12.6. The molecule has 1 atom stereocenters. The molecule has 3 heteroatoms. The van der Waals surface area contributed by atoms with E-state index in [9.17, 15) is 0 Å². The predicted octanol–water partition coefficient (Wildman–Crippen LogP) is 3.14. The highest BCUT2D eigenvalue weighted by Crippen LogP contribution is 2.26. The SMILES string of the molecule is CCOc1ccccc1C(C)NCC(C)(C)CCO. The molecule has 0 bridgehead atoms. The minimum absolute atomic E-state index is 0.101. The van der Waals surface area contributed by atoms with Crippen molar-refractivity contribution in [3.8, 4) is 5.75 Å². The van der Waals surface area contributed by atoms with Crippen LogP contribution < -0.4 is 10.1 Å². The molecule has 0 radical (unpaired) electrons. The normalized spacial score (nSPS) is 13.3. The zero-order valence-electron chi connectivity index (χ0n) is 12.6. The Balaban J connectivity index is 2.65. The molecule has 0 spiro atoms. The van der Waals surface area contributed by atoms with E-state index in [0.29, 0.717) is 6.61 Å². The van der Waals surface area contributed by atoms with Gasteiger partial charge in [0.25, 0.3) is 0 Å². The molecule has 0 fully saturated rings. The lowest BCUT2D eigenvalue weighted by Gasteiger charge is -2.27. The molecule has 0 aromatic heterocycles. The molecule has 0 aliphatic carbocycles. The lowest BCUT2D eigenvalue weighted by atomic mass is 9.89. The second kappa shape index (κ2) is 7.51. The largest absolute Gasteiger partial charge is 0.494 e. The molecular formula is C16H27NO2. The van der Waals surface area contributed by atoms with E-state index in [0.717, 1.165) is 18.7 Å². The van der Waals surface area contributed by atoms with Crippen LogP contribution in [0.25, 0.3) is 0 Å². The van der Waals surface area contributed by atoms with Gasteiger partial charge < -0.3 is 15.2 Å². The third kappa shape index (κ3) is 5.21. The Morgan fingerprint density at radius 3 is 2.63 bits per heavy atom. The molecule has 108 valence electrons. The molecule has 1 aromatic carbocycles. The smallest absolute Gasteiger partial charge is 0.124 e. The first-order valence-corrected chi connectivity index (χ1v) is 7.06. The van der Waals surface area contributed by atoms with Gasteiger partial charge in [-0.3, -0.25) is 0 Å². The molecule has 1 rings (SSSR count). The summed E-state index contributed by atoms with van der Waals surface area (Å²) in [7, 11) is 0. The Labute approximate surface area is 117 Å². The maximum absolute atomic E-state index is 9.05. The molecule has 1 unspecified atom stereocenters.